The monoisotopic (exact) mass is 519 g/mol. The zero-order valence-corrected chi connectivity index (χ0v) is 23.2. The van der Waals surface area contributed by atoms with Crippen LogP contribution in [0, 0.1) is 18.8 Å². The van der Waals surface area contributed by atoms with Crippen molar-refractivity contribution in [1.82, 2.24) is 14.7 Å². The Morgan fingerprint density at radius 1 is 1.08 bits per heavy atom. The summed E-state index contributed by atoms with van der Waals surface area (Å²) in [5, 5.41) is 4.92. The van der Waals surface area contributed by atoms with E-state index in [1.54, 1.807) is 4.90 Å². The van der Waals surface area contributed by atoms with Crippen LogP contribution in [-0.4, -0.2) is 38.1 Å². The summed E-state index contributed by atoms with van der Waals surface area (Å²) in [6.45, 7) is 11.9. The van der Waals surface area contributed by atoms with Gasteiger partial charge in [0.15, 0.2) is 0 Å². The van der Waals surface area contributed by atoms with E-state index in [1.807, 2.05) is 59.4 Å². The van der Waals surface area contributed by atoms with Gasteiger partial charge in [-0.15, -0.1) is 0 Å². The van der Waals surface area contributed by atoms with Crippen LogP contribution in [0.4, 0.5) is 0 Å². The highest BCUT2D eigenvalue weighted by atomic mass is 32.2. The standard InChI is InChI=1S/C29H33N3O2S2/c1-19(2)13-14-34-25-12-11-22(15-21(25)5)27-23(18-32(30-27)24-9-7-6-8-10-24)16-26-28(33)31(17-20(3)4)29(35)36-26/h6-12,15-16,18-20H,13-14,17H2,1-5H3/b26-16-. The van der Waals surface area contributed by atoms with E-state index in [2.05, 4.69) is 40.7 Å². The molecular formula is C29H33N3O2S2. The molecule has 1 aliphatic rings. The van der Waals surface area contributed by atoms with Gasteiger partial charge in [0.05, 0.1) is 17.2 Å². The third-order valence-electron chi connectivity index (χ3n) is 5.87. The Morgan fingerprint density at radius 3 is 2.50 bits per heavy atom. The van der Waals surface area contributed by atoms with Crippen molar-refractivity contribution >= 4 is 40.3 Å². The number of amides is 1. The summed E-state index contributed by atoms with van der Waals surface area (Å²) in [5.74, 6) is 1.79. The summed E-state index contributed by atoms with van der Waals surface area (Å²) < 4.78 is 8.48. The summed E-state index contributed by atoms with van der Waals surface area (Å²) in [6, 6.07) is 16.1. The molecule has 3 aromatic rings. The van der Waals surface area contributed by atoms with Crippen LogP contribution in [0.1, 0.15) is 45.2 Å². The summed E-state index contributed by atoms with van der Waals surface area (Å²) >= 11 is 6.87. The molecule has 7 heteroatoms. The molecule has 0 bridgehead atoms. The summed E-state index contributed by atoms with van der Waals surface area (Å²) in [7, 11) is 0. The number of carbonyl (C=O) groups is 1. The van der Waals surface area contributed by atoms with Gasteiger partial charge in [0, 0.05) is 23.9 Å². The van der Waals surface area contributed by atoms with E-state index in [0.29, 0.717) is 34.2 Å². The lowest BCUT2D eigenvalue weighted by Crippen LogP contribution is -2.31. The molecule has 1 amide bonds. The van der Waals surface area contributed by atoms with Crippen LogP contribution in [-0.2, 0) is 4.79 Å². The molecule has 188 valence electrons. The Hall–Kier alpha value is -2.90. The van der Waals surface area contributed by atoms with Crippen LogP contribution in [0.3, 0.4) is 0 Å². The second kappa shape index (κ2) is 11.4. The number of thiocarbonyl (C=S) groups is 1. The van der Waals surface area contributed by atoms with E-state index in [4.69, 9.17) is 22.1 Å². The number of aryl methyl sites for hydroxylation is 1. The molecule has 0 unspecified atom stereocenters. The average Bonchev–Trinajstić information content (AvgIpc) is 3.37. The average molecular weight is 520 g/mol. The van der Waals surface area contributed by atoms with Gasteiger partial charge in [0.25, 0.3) is 5.91 Å². The van der Waals surface area contributed by atoms with Crippen molar-refractivity contribution in [2.45, 2.75) is 41.0 Å². The SMILES string of the molecule is Cc1cc(-c2nn(-c3ccccc3)cc2/C=C2\SC(=S)N(CC(C)C)C2=O)ccc1OCCC(C)C. The molecule has 0 saturated carbocycles. The number of aromatic nitrogens is 2. The van der Waals surface area contributed by atoms with Gasteiger partial charge in [-0.3, -0.25) is 9.69 Å². The van der Waals surface area contributed by atoms with Crippen molar-refractivity contribution in [1.29, 1.82) is 0 Å². The van der Waals surface area contributed by atoms with E-state index >= 15 is 0 Å². The van der Waals surface area contributed by atoms with E-state index in [0.717, 1.165) is 40.2 Å². The highest BCUT2D eigenvalue weighted by Gasteiger charge is 2.32. The third-order valence-corrected chi connectivity index (χ3v) is 7.25. The van der Waals surface area contributed by atoms with E-state index in [1.165, 1.54) is 11.8 Å². The van der Waals surface area contributed by atoms with Crippen LogP contribution in [0.25, 0.3) is 23.0 Å². The van der Waals surface area contributed by atoms with Crippen molar-refractivity contribution in [2.24, 2.45) is 11.8 Å². The second-order valence-corrected chi connectivity index (χ2v) is 11.6. The Kier molecular flexibility index (Phi) is 8.32. The van der Waals surface area contributed by atoms with Crippen molar-refractivity contribution in [3.8, 4) is 22.7 Å². The van der Waals surface area contributed by atoms with Gasteiger partial charge in [-0.25, -0.2) is 4.68 Å². The fourth-order valence-corrected chi connectivity index (χ4v) is 5.22. The first-order valence-corrected chi connectivity index (χ1v) is 13.6. The Bertz CT molecular complexity index is 1280. The molecule has 1 saturated heterocycles. The van der Waals surface area contributed by atoms with E-state index in [-0.39, 0.29) is 5.91 Å². The molecule has 0 spiro atoms. The van der Waals surface area contributed by atoms with Crippen LogP contribution < -0.4 is 4.74 Å². The Labute approximate surface area is 223 Å². The summed E-state index contributed by atoms with van der Waals surface area (Å²) in [6.07, 6.45) is 4.91. The molecule has 1 aromatic heterocycles. The fraction of sp³-hybridized carbons (Fsp3) is 0.345. The number of benzene rings is 2. The minimum Gasteiger partial charge on any atom is -0.493 e. The van der Waals surface area contributed by atoms with Crippen molar-refractivity contribution in [2.75, 3.05) is 13.2 Å². The largest absolute Gasteiger partial charge is 0.493 e. The quantitative estimate of drug-likeness (QED) is 0.222. The smallest absolute Gasteiger partial charge is 0.266 e. The maximum Gasteiger partial charge on any atom is 0.266 e. The van der Waals surface area contributed by atoms with Crippen molar-refractivity contribution in [3.05, 3.63) is 70.8 Å². The lowest BCUT2D eigenvalue weighted by molar-refractivity contribution is -0.122. The molecular weight excluding hydrogens is 486 g/mol. The van der Waals surface area contributed by atoms with Gasteiger partial charge in [0.2, 0.25) is 0 Å². The van der Waals surface area contributed by atoms with Gasteiger partial charge in [-0.05, 0) is 67.2 Å². The fourth-order valence-electron chi connectivity index (χ4n) is 3.96. The predicted molar refractivity (Wildman–Crippen MR) is 153 cm³/mol. The molecule has 4 rings (SSSR count). The van der Waals surface area contributed by atoms with Gasteiger partial charge in [-0.2, -0.15) is 5.10 Å². The van der Waals surface area contributed by atoms with E-state index < -0.39 is 0 Å². The highest BCUT2D eigenvalue weighted by molar-refractivity contribution is 8.26. The predicted octanol–water partition coefficient (Wildman–Crippen LogP) is 7.13. The number of para-hydroxylation sites is 1. The normalized spacial score (nSPS) is 15.1. The first-order chi connectivity index (χ1) is 17.2. The van der Waals surface area contributed by atoms with Crippen molar-refractivity contribution in [3.63, 3.8) is 0 Å². The zero-order valence-electron chi connectivity index (χ0n) is 21.5. The Balaban J connectivity index is 1.71. The number of hydrogen-bond donors (Lipinski definition) is 0. The molecule has 2 aromatic carbocycles. The topological polar surface area (TPSA) is 47.4 Å². The Morgan fingerprint density at radius 2 is 1.83 bits per heavy atom. The zero-order chi connectivity index (χ0) is 25.8. The number of thioether (sulfide) groups is 1. The van der Waals surface area contributed by atoms with Crippen LogP contribution in [0.15, 0.2) is 59.6 Å². The maximum absolute atomic E-state index is 13.1. The minimum absolute atomic E-state index is 0.0396. The van der Waals surface area contributed by atoms with Gasteiger partial charge >= 0.3 is 0 Å². The number of rotatable bonds is 9. The molecule has 1 fully saturated rings. The number of hydrogen-bond acceptors (Lipinski definition) is 5. The molecule has 0 N–H and O–H groups in total. The number of ether oxygens (including phenoxy) is 1. The van der Waals surface area contributed by atoms with E-state index in [9.17, 15) is 4.79 Å². The van der Waals surface area contributed by atoms with Crippen LogP contribution >= 0.6 is 24.0 Å². The molecule has 1 aliphatic heterocycles. The first-order valence-electron chi connectivity index (χ1n) is 12.4. The minimum atomic E-state index is -0.0396. The first kappa shape index (κ1) is 26.2. The van der Waals surface area contributed by atoms with Crippen LogP contribution in [0.2, 0.25) is 0 Å². The second-order valence-electron chi connectivity index (χ2n) is 9.91. The highest BCUT2D eigenvalue weighted by Crippen LogP contribution is 2.36. The van der Waals surface area contributed by atoms with Gasteiger partial charge in [0.1, 0.15) is 15.8 Å². The number of nitrogens with zero attached hydrogens (tertiary/aromatic N) is 3. The summed E-state index contributed by atoms with van der Waals surface area (Å²) in [4.78, 5) is 15.5. The van der Waals surface area contributed by atoms with Gasteiger partial charge < -0.3 is 4.74 Å². The molecule has 5 nitrogen and oxygen atoms in total. The molecule has 36 heavy (non-hydrogen) atoms. The maximum atomic E-state index is 13.1. The van der Waals surface area contributed by atoms with Crippen molar-refractivity contribution < 1.29 is 9.53 Å². The molecule has 0 radical (unpaired) electrons. The molecule has 0 aliphatic carbocycles. The van der Waals surface area contributed by atoms with Crippen LogP contribution in [0.5, 0.6) is 5.75 Å². The van der Waals surface area contributed by atoms with Gasteiger partial charge in [-0.1, -0.05) is 69.9 Å². The molecule has 2 heterocycles. The third kappa shape index (κ3) is 6.08. The molecule has 0 atom stereocenters. The summed E-state index contributed by atoms with van der Waals surface area (Å²) in [5.41, 5.74) is 4.67. The lowest BCUT2D eigenvalue weighted by atomic mass is 10.0. The number of carbonyl (C=O) groups excluding carboxylic acids is 1. The lowest BCUT2D eigenvalue weighted by Gasteiger charge is -2.16.